The number of benzene rings is 1. The summed E-state index contributed by atoms with van der Waals surface area (Å²) in [6, 6.07) is 8.23. The van der Waals surface area contributed by atoms with Gasteiger partial charge in [0.2, 0.25) is 0 Å². The molecule has 1 aromatic heterocycles. The summed E-state index contributed by atoms with van der Waals surface area (Å²) in [5.74, 6) is 3.58. The Kier molecular flexibility index (Phi) is 6.77. The molecule has 0 bridgehead atoms. The van der Waals surface area contributed by atoms with Gasteiger partial charge in [-0.1, -0.05) is 5.21 Å². The number of ether oxygens (including phenoxy) is 2. The predicted octanol–water partition coefficient (Wildman–Crippen LogP) is 3.60. The van der Waals surface area contributed by atoms with Crippen molar-refractivity contribution in [3.05, 3.63) is 30.5 Å². The molecule has 2 fully saturated rings. The minimum absolute atomic E-state index is 0.202. The Balaban J connectivity index is 1.44. The lowest BCUT2D eigenvalue weighted by Crippen LogP contribution is -2.37. The van der Waals surface area contributed by atoms with Gasteiger partial charge in [0.15, 0.2) is 0 Å². The van der Waals surface area contributed by atoms with E-state index in [1.165, 1.54) is 31.8 Å². The monoisotopic (exact) mass is 416 g/mol. The fourth-order valence-corrected chi connectivity index (χ4v) is 5.38. The SMILES string of the molecule is COc1ccc(-c2cn([C@@H]3C[C@@H]4CN(CCCSC)C[C@@H]4C[C@H]3OC)nn2)cc1. The maximum atomic E-state index is 5.92. The highest BCUT2D eigenvalue weighted by Crippen LogP contribution is 2.42. The summed E-state index contributed by atoms with van der Waals surface area (Å²) in [6.07, 6.45) is 7.98. The van der Waals surface area contributed by atoms with Crippen molar-refractivity contribution in [2.24, 2.45) is 11.8 Å². The molecule has 0 unspecified atom stereocenters. The van der Waals surface area contributed by atoms with Gasteiger partial charge in [0.1, 0.15) is 11.4 Å². The highest BCUT2D eigenvalue weighted by molar-refractivity contribution is 7.98. The molecule has 0 N–H and O–H groups in total. The molecule has 4 rings (SSSR count). The molecule has 1 saturated heterocycles. The first-order valence-electron chi connectivity index (χ1n) is 10.5. The topological polar surface area (TPSA) is 52.4 Å². The van der Waals surface area contributed by atoms with Crippen LogP contribution in [-0.2, 0) is 4.74 Å². The Hall–Kier alpha value is -1.57. The number of hydrogen-bond acceptors (Lipinski definition) is 6. The van der Waals surface area contributed by atoms with E-state index in [1.54, 1.807) is 7.11 Å². The average Bonchev–Trinajstić information content (AvgIpc) is 3.39. The quantitative estimate of drug-likeness (QED) is 0.613. The minimum atomic E-state index is 0.202. The van der Waals surface area contributed by atoms with Crippen molar-refractivity contribution in [3.63, 3.8) is 0 Å². The van der Waals surface area contributed by atoms with E-state index in [9.17, 15) is 0 Å². The zero-order valence-corrected chi connectivity index (χ0v) is 18.5. The molecule has 29 heavy (non-hydrogen) atoms. The summed E-state index contributed by atoms with van der Waals surface area (Å²) in [5, 5.41) is 8.93. The molecule has 6 nitrogen and oxygen atoms in total. The lowest BCUT2D eigenvalue weighted by Gasteiger charge is -2.37. The van der Waals surface area contributed by atoms with Gasteiger partial charge < -0.3 is 14.4 Å². The predicted molar refractivity (Wildman–Crippen MR) is 117 cm³/mol. The van der Waals surface area contributed by atoms with Gasteiger partial charge >= 0.3 is 0 Å². The first-order chi connectivity index (χ1) is 14.2. The van der Waals surface area contributed by atoms with Crippen LogP contribution in [0.2, 0.25) is 0 Å². The summed E-state index contributed by atoms with van der Waals surface area (Å²) >= 11 is 1.94. The molecule has 2 aromatic rings. The normalized spacial score (nSPS) is 27.1. The van der Waals surface area contributed by atoms with Gasteiger partial charge in [-0.05, 0) is 73.9 Å². The van der Waals surface area contributed by atoms with Gasteiger partial charge in [-0.3, -0.25) is 0 Å². The van der Waals surface area contributed by atoms with E-state index in [0.29, 0.717) is 0 Å². The second-order valence-corrected chi connectivity index (χ2v) is 9.24. The van der Waals surface area contributed by atoms with Crippen LogP contribution >= 0.6 is 11.8 Å². The maximum absolute atomic E-state index is 5.92. The van der Waals surface area contributed by atoms with Crippen LogP contribution in [0.3, 0.4) is 0 Å². The molecule has 158 valence electrons. The van der Waals surface area contributed by atoms with Crippen LogP contribution in [0.4, 0.5) is 0 Å². The van der Waals surface area contributed by atoms with E-state index >= 15 is 0 Å². The van der Waals surface area contributed by atoms with E-state index in [-0.39, 0.29) is 12.1 Å². The Morgan fingerprint density at radius 2 is 1.86 bits per heavy atom. The number of hydrogen-bond donors (Lipinski definition) is 0. The Bertz CT molecular complexity index is 781. The van der Waals surface area contributed by atoms with Gasteiger partial charge in [0, 0.05) is 25.8 Å². The van der Waals surface area contributed by atoms with Gasteiger partial charge in [-0.2, -0.15) is 11.8 Å². The summed E-state index contributed by atoms with van der Waals surface area (Å²) in [5.41, 5.74) is 1.95. The lowest BCUT2D eigenvalue weighted by molar-refractivity contribution is -0.00545. The van der Waals surface area contributed by atoms with Crippen LogP contribution in [0.5, 0.6) is 5.75 Å². The van der Waals surface area contributed by atoms with Crippen LogP contribution < -0.4 is 4.74 Å². The fourth-order valence-electron chi connectivity index (χ4n) is 4.97. The number of fused-ring (bicyclic) bond motifs is 1. The Morgan fingerprint density at radius 3 is 2.55 bits per heavy atom. The smallest absolute Gasteiger partial charge is 0.118 e. The molecule has 0 spiro atoms. The van der Waals surface area contributed by atoms with Gasteiger partial charge in [0.25, 0.3) is 0 Å². The Morgan fingerprint density at radius 1 is 1.10 bits per heavy atom. The molecular weight excluding hydrogens is 384 g/mol. The summed E-state index contributed by atoms with van der Waals surface area (Å²) < 4.78 is 13.2. The molecule has 1 aliphatic carbocycles. The van der Waals surface area contributed by atoms with Crippen molar-refractivity contribution in [1.29, 1.82) is 0 Å². The van der Waals surface area contributed by atoms with Crippen molar-refractivity contribution >= 4 is 11.8 Å². The number of rotatable bonds is 8. The summed E-state index contributed by atoms with van der Waals surface area (Å²) in [7, 11) is 3.52. The molecule has 1 saturated carbocycles. The van der Waals surface area contributed by atoms with Crippen LogP contribution in [0.25, 0.3) is 11.3 Å². The number of thioether (sulfide) groups is 1. The third kappa shape index (κ3) is 4.62. The Labute approximate surface area is 177 Å². The number of methoxy groups -OCH3 is 2. The lowest BCUT2D eigenvalue weighted by atomic mass is 9.77. The molecule has 1 aromatic carbocycles. The van der Waals surface area contributed by atoms with Crippen molar-refractivity contribution in [3.8, 4) is 17.0 Å². The third-order valence-electron chi connectivity index (χ3n) is 6.52. The first kappa shape index (κ1) is 20.7. The molecule has 0 radical (unpaired) electrons. The van der Waals surface area contributed by atoms with Gasteiger partial charge in [-0.25, -0.2) is 4.68 Å². The highest BCUT2D eigenvalue weighted by atomic mass is 32.2. The second-order valence-electron chi connectivity index (χ2n) is 8.25. The van der Waals surface area contributed by atoms with E-state index in [4.69, 9.17) is 9.47 Å². The molecule has 1 aliphatic heterocycles. The number of nitrogens with zero attached hydrogens (tertiary/aromatic N) is 4. The number of aromatic nitrogens is 3. The van der Waals surface area contributed by atoms with Crippen molar-refractivity contribution in [2.45, 2.75) is 31.4 Å². The van der Waals surface area contributed by atoms with Gasteiger partial charge in [-0.15, -0.1) is 5.10 Å². The number of likely N-dealkylation sites (tertiary alicyclic amines) is 1. The first-order valence-corrected chi connectivity index (χ1v) is 11.9. The van der Waals surface area contributed by atoms with Crippen molar-refractivity contribution < 1.29 is 9.47 Å². The largest absolute Gasteiger partial charge is 0.497 e. The standard InChI is InChI=1S/C22H32N4O2S/c1-27-19-7-5-16(6-8-19)20-15-26(24-23-20)21-11-17-13-25(9-4-10-29-3)14-18(17)12-22(21)28-2/h5-8,15,17-18,21-22H,4,9-14H2,1-3H3/t17-,18+,21-,22-/m1/s1. The van der Waals surface area contributed by atoms with E-state index in [1.807, 2.05) is 47.8 Å². The third-order valence-corrected chi connectivity index (χ3v) is 7.22. The van der Waals surface area contributed by atoms with Crippen LogP contribution in [-0.4, -0.2) is 71.9 Å². The zero-order valence-electron chi connectivity index (χ0n) is 17.7. The van der Waals surface area contributed by atoms with E-state index < -0.39 is 0 Å². The molecule has 0 amide bonds. The van der Waals surface area contributed by atoms with E-state index in [2.05, 4.69) is 27.7 Å². The van der Waals surface area contributed by atoms with E-state index in [0.717, 1.165) is 41.7 Å². The molecule has 2 aliphatic rings. The van der Waals surface area contributed by atoms with Crippen LogP contribution in [0.15, 0.2) is 30.5 Å². The maximum Gasteiger partial charge on any atom is 0.118 e. The summed E-state index contributed by atoms with van der Waals surface area (Å²) in [6.45, 7) is 3.66. The molecule has 7 heteroatoms. The minimum Gasteiger partial charge on any atom is -0.497 e. The fraction of sp³-hybridized carbons (Fsp3) is 0.636. The van der Waals surface area contributed by atoms with Crippen LogP contribution in [0.1, 0.15) is 25.3 Å². The van der Waals surface area contributed by atoms with Gasteiger partial charge in [0.05, 0.1) is 25.5 Å². The average molecular weight is 417 g/mol. The van der Waals surface area contributed by atoms with Crippen LogP contribution in [0, 0.1) is 11.8 Å². The molecule has 4 atom stereocenters. The second kappa shape index (κ2) is 9.49. The molecular formula is C22H32N4O2S. The zero-order chi connectivity index (χ0) is 20.2. The van der Waals surface area contributed by atoms with Crippen molar-refractivity contribution in [2.75, 3.05) is 45.9 Å². The highest BCUT2D eigenvalue weighted by Gasteiger charge is 2.43. The summed E-state index contributed by atoms with van der Waals surface area (Å²) in [4.78, 5) is 2.66. The van der Waals surface area contributed by atoms with Crippen molar-refractivity contribution in [1.82, 2.24) is 19.9 Å². The molecule has 2 heterocycles.